The normalized spacial score (nSPS) is 10.4. The number of nitrogens with zero attached hydrogens (tertiary/aromatic N) is 2. The molecule has 0 amide bonds. The molecule has 0 rings (SSSR count). The second kappa shape index (κ2) is 24.6. The van der Waals surface area contributed by atoms with Crippen LogP contribution >= 0.6 is 0 Å². The maximum absolute atomic E-state index is 10.1. The van der Waals surface area contributed by atoms with Gasteiger partial charge in [0.05, 0.1) is 0 Å². The fraction of sp³-hybridized carbons (Fsp3) is 1.00. The molecule has 4 nitrogen and oxygen atoms in total. The third-order valence-electron chi connectivity index (χ3n) is 4.03. The largest absolute Gasteiger partial charge is 2.00 e. The fourth-order valence-corrected chi connectivity index (χ4v) is 2.31. The third kappa shape index (κ3) is 22.4. The summed E-state index contributed by atoms with van der Waals surface area (Å²) in [6.45, 7) is 15.8. The van der Waals surface area contributed by atoms with Crippen LogP contribution in [0.2, 0.25) is 0 Å². The molecule has 1 radical (unpaired) electrons. The van der Waals surface area contributed by atoms with Crippen molar-refractivity contribution in [1.82, 2.24) is 9.80 Å². The zero-order valence-electron chi connectivity index (χ0n) is 15.9. The Bertz CT molecular complexity index is 170. The minimum atomic E-state index is 0. The molecule has 0 unspecified atom stereocenters. The van der Waals surface area contributed by atoms with Crippen LogP contribution in [0.3, 0.4) is 0 Å². The van der Waals surface area contributed by atoms with Crippen LogP contribution in [0, 0.1) is 0 Å². The molecule has 0 spiro atoms. The van der Waals surface area contributed by atoms with Gasteiger partial charge in [-0.15, -0.1) is 13.2 Å². The Morgan fingerprint density at radius 3 is 1.04 bits per heavy atom. The van der Waals surface area contributed by atoms with Gasteiger partial charge in [-0.2, -0.15) is 0 Å². The van der Waals surface area contributed by atoms with Gasteiger partial charge in [0.25, 0.3) is 0 Å². The molecule has 23 heavy (non-hydrogen) atoms. The van der Waals surface area contributed by atoms with Crippen LogP contribution in [0.25, 0.3) is 0 Å². The molecule has 0 aromatic rings. The first-order chi connectivity index (χ1) is 10.7. The molecule has 0 atom stereocenters. The molecule has 0 saturated heterocycles. The van der Waals surface area contributed by atoms with E-state index in [0.717, 1.165) is 65.0 Å². The summed E-state index contributed by atoms with van der Waals surface area (Å²) in [5.41, 5.74) is 0. The van der Waals surface area contributed by atoms with E-state index in [9.17, 15) is 10.2 Å². The second-order valence-corrected chi connectivity index (χ2v) is 5.58. The number of unbranched alkanes of at least 4 members (excludes halogenated alkanes) is 4. The van der Waals surface area contributed by atoms with E-state index in [0.29, 0.717) is 0 Å². The van der Waals surface area contributed by atoms with Gasteiger partial charge in [-0.3, -0.25) is 0 Å². The van der Waals surface area contributed by atoms with E-state index in [1.54, 1.807) is 0 Å². The van der Waals surface area contributed by atoms with Gasteiger partial charge in [0.15, 0.2) is 0 Å². The molecular weight excluding hydrogens is 340 g/mol. The quantitative estimate of drug-likeness (QED) is 0.340. The molecule has 0 saturated carbocycles. The molecule has 0 aliphatic rings. The maximum Gasteiger partial charge on any atom is 2.00 e. The van der Waals surface area contributed by atoms with Crippen LogP contribution in [0.1, 0.15) is 66.2 Å². The van der Waals surface area contributed by atoms with E-state index in [1.165, 1.54) is 12.8 Å². The average Bonchev–Trinajstić information content (AvgIpc) is 2.56. The van der Waals surface area contributed by atoms with Crippen LogP contribution in [0.4, 0.5) is 0 Å². The van der Waals surface area contributed by atoms with Gasteiger partial charge < -0.3 is 20.0 Å². The monoisotopic (exact) mass is 379 g/mol. The molecule has 0 aliphatic heterocycles. The predicted molar refractivity (Wildman–Crippen MR) is 93.0 cm³/mol. The Kier molecular flexibility index (Phi) is 30.1. The molecular formula is C18H40CuN2O2. The standard InChI is InChI=1S/2C9H20NO.Cu/c2*1-3-10(4-2)8-6-5-7-9-11;/h2*3-9H2,1-2H3;/q2*-1;+2. The Balaban J connectivity index is -0.000000333. The zero-order chi connectivity index (χ0) is 17.1. The molecule has 0 aromatic carbocycles. The molecule has 0 N–H and O–H groups in total. The minimum Gasteiger partial charge on any atom is -0.854 e. The van der Waals surface area contributed by atoms with Crippen molar-refractivity contribution in [3.63, 3.8) is 0 Å². The topological polar surface area (TPSA) is 52.6 Å². The van der Waals surface area contributed by atoms with Crippen LogP contribution in [0.15, 0.2) is 0 Å². The Morgan fingerprint density at radius 1 is 0.522 bits per heavy atom. The molecule has 0 fully saturated rings. The number of hydrogen-bond donors (Lipinski definition) is 0. The summed E-state index contributed by atoms with van der Waals surface area (Å²) in [6, 6.07) is 0. The van der Waals surface area contributed by atoms with Gasteiger partial charge in [0, 0.05) is 0 Å². The first-order valence-corrected chi connectivity index (χ1v) is 9.30. The molecule has 145 valence electrons. The van der Waals surface area contributed by atoms with Crippen molar-refractivity contribution in [2.24, 2.45) is 0 Å². The molecule has 5 heteroatoms. The van der Waals surface area contributed by atoms with E-state index < -0.39 is 0 Å². The summed E-state index contributed by atoms with van der Waals surface area (Å²) in [5, 5.41) is 20.2. The fourth-order valence-electron chi connectivity index (χ4n) is 2.31. The van der Waals surface area contributed by atoms with Crippen molar-refractivity contribution in [3.05, 3.63) is 0 Å². The van der Waals surface area contributed by atoms with E-state index in [-0.39, 0.29) is 30.3 Å². The van der Waals surface area contributed by atoms with Crippen molar-refractivity contribution in [2.75, 3.05) is 52.5 Å². The van der Waals surface area contributed by atoms with E-state index in [2.05, 4.69) is 37.5 Å². The smallest absolute Gasteiger partial charge is 0.854 e. The minimum absolute atomic E-state index is 0. The summed E-state index contributed by atoms with van der Waals surface area (Å²) >= 11 is 0. The van der Waals surface area contributed by atoms with Crippen LogP contribution < -0.4 is 10.2 Å². The van der Waals surface area contributed by atoms with Crippen LogP contribution in [-0.2, 0) is 17.1 Å². The third-order valence-corrected chi connectivity index (χ3v) is 4.03. The van der Waals surface area contributed by atoms with E-state index >= 15 is 0 Å². The van der Waals surface area contributed by atoms with Gasteiger partial charge in [0.1, 0.15) is 0 Å². The van der Waals surface area contributed by atoms with Crippen LogP contribution in [-0.4, -0.2) is 62.3 Å². The average molecular weight is 380 g/mol. The van der Waals surface area contributed by atoms with E-state index in [4.69, 9.17) is 0 Å². The van der Waals surface area contributed by atoms with Crippen molar-refractivity contribution in [3.8, 4) is 0 Å². The number of hydrogen-bond acceptors (Lipinski definition) is 4. The van der Waals surface area contributed by atoms with E-state index in [1.807, 2.05) is 0 Å². The summed E-state index contributed by atoms with van der Waals surface area (Å²) < 4.78 is 0. The van der Waals surface area contributed by atoms with Crippen molar-refractivity contribution < 1.29 is 27.3 Å². The molecule has 0 bridgehead atoms. The summed E-state index contributed by atoms with van der Waals surface area (Å²) in [4.78, 5) is 4.79. The van der Waals surface area contributed by atoms with Crippen molar-refractivity contribution in [2.45, 2.75) is 66.2 Å². The first-order valence-electron chi connectivity index (χ1n) is 9.30. The van der Waals surface area contributed by atoms with Gasteiger partial charge in [-0.1, -0.05) is 53.4 Å². The first kappa shape index (κ1) is 28.2. The van der Waals surface area contributed by atoms with Crippen LogP contribution in [0.5, 0.6) is 0 Å². The van der Waals surface area contributed by atoms with Gasteiger partial charge in [-0.05, 0) is 52.1 Å². The Labute approximate surface area is 156 Å². The number of rotatable bonds is 14. The van der Waals surface area contributed by atoms with Crippen molar-refractivity contribution in [1.29, 1.82) is 0 Å². The van der Waals surface area contributed by atoms with Gasteiger partial charge in [-0.25, -0.2) is 0 Å². The Hall–Kier alpha value is 0.359. The van der Waals surface area contributed by atoms with Gasteiger partial charge in [0.2, 0.25) is 0 Å². The molecule has 0 aromatic heterocycles. The predicted octanol–water partition coefficient (Wildman–Crippen LogP) is 1.72. The zero-order valence-corrected chi connectivity index (χ0v) is 16.9. The molecule has 0 heterocycles. The SMILES string of the molecule is CCN(CC)CCCCC[O-].CCN(CC)CCCCC[O-].[Cu+2]. The summed E-state index contributed by atoms with van der Waals surface area (Å²) in [5.74, 6) is 0. The van der Waals surface area contributed by atoms with Gasteiger partial charge >= 0.3 is 17.1 Å². The maximum atomic E-state index is 10.1. The second-order valence-electron chi connectivity index (χ2n) is 5.58. The summed E-state index contributed by atoms with van der Waals surface area (Å²) in [7, 11) is 0. The van der Waals surface area contributed by atoms with Crippen molar-refractivity contribution >= 4 is 0 Å². The molecule has 0 aliphatic carbocycles. The Morgan fingerprint density at radius 2 is 0.826 bits per heavy atom. The summed E-state index contributed by atoms with van der Waals surface area (Å²) in [6.07, 6.45) is 6.26.